The van der Waals surface area contributed by atoms with Crippen LogP contribution in [0.2, 0.25) is 0 Å². The summed E-state index contributed by atoms with van der Waals surface area (Å²) in [5.41, 5.74) is 0. The second kappa shape index (κ2) is 7.72. The van der Waals surface area contributed by atoms with E-state index in [1.807, 2.05) is 0 Å². The summed E-state index contributed by atoms with van der Waals surface area (Å²) in [6.45, 7) is 10.7. The van der Waals surface area contributed by atoms with Crippen LogP contribution in [0.25, 0.3) is 0 Å². The van der Waals surface area contributed by atoms with Crippen molar-refractivity contribution in [1.29, 1.82) is 0 Å². The predicted molar refractivity (Wildman–Crippen MR) is 113 cm³/mol. The van der Waals surface area contributed by atoms with Crippen LogP contribution >= 0.6 is 17.8 Å². The van der Waals surface area contributed by atoms with Gasteiger partial charge >= 0.3 is 165 Å². The molecule has 0 atom stereocenters. The van der Waals surface area contributed by atoms with Gasteiger partial charge in [-0.2, -0.15) is 0 Å². The van der Waals surface area contributed by atoms with Gasteiger partial charge in [0, 0.05) is 0 Å². The molecule has 26 heavy (non-hydrogen) atoms. The molecule has 152 valence electrons. The van der Waals surface area contributed by atoms with Gasteiger partial charge in [0.2, 0.25) is 0 Å². The van der Waals surface area contributed by atoms with Gasteiger partial charge < -0.3 is 0 Å². The number of likely N-dealkylation sites (N-methyl/N-ethyl adjacent to an activating group) is 2. The molecule has 0 aromatic carbocycles. The van der Waals surface area contributed by atoms with Gasteiger partial charge in [0.15, 0.2) is 0 Å². The molecule has 4 aliphatic rings. The van der Waals surface area contributed by atoms with Gasteiger partial charge in [-0.3, -0.25) is 0 Å². The SMILES string of the molecule is CN1CCN(P(Cl)(N2CCCC2)(N2CCCC2)N2CCN(C)CC2)CC1. The van der Waals surface area contributed by atoms with Crippen LogP contribution in [0.1, 0.15) is 25.7 Å². The van der Waals surface area contributed by atoms with Gasteiger partial charge in [-0.05, 0) is 0 Å². The van der Waals surface area contributed by atoms with Crippen molar-refractivity contribution in [2.45, 2.75) is 25.7 Å². The van der Waals surface area contributed by atoms with Gasteiger partial charge in [-0.1, -0.05) is 0 Å². The topological polar surface area (TPSA) is 19.4 Å². The monoisotopic (exact) mass is 404 g/mol. The van der Waals surface area contributed by atoms with Crippen molar-refractivity contribution in [2.24, 2.45) is 0 Å². The molecule has 4 rings (SSSR count). The molecular weight excluding hydrogens is 367 g/mol. The minimum absolute atomic E-state index is 1.11. The van der Waals surface area contributed by atoms with Gasteiger partial charge in [-0.15, -0.1) is 0 Å². The van der Waals surface area contributed by atoms with Crippen molar-refractivity contribution >= 4 is 17.8 Å². The molecule has 0 unspecified atom stereocenters. The third-order valence-electron chi connectivity index (χ3n) is 7.07. The molecule has 0 spiro atoms. The molecule has 4 fully saturated rings. The van der Waals surface area contributed by atoms with E-state index in [2.05, 4.69) is 42.6 Å². The summed E-state index contributed by atoms with van der Waals surface area (Å²) in [7, 11) is 4.50. The zero-order chi connectivity index (χ0) is 18.2. The van der Waals surface area contributed by atoms with E-state index in [0.717, 1.165) is 52.4 Å². The Labute approximate surface area is 164 Å². The van der Waals surface area contributed by atoms with Crippen LogP contribution in [-0.4, -0.2) is 121 Å². The zero-order valence-electron chi connectivity index (χ0n) is 16.8. The van der Waals surface area contributed by atoms with Crippen LogP contribution in [0.5, 0.6) is 0 Å². The second-order valence-corrected chi connectivity index (χ2v) is 14.4. The first-order valence-corrected chi connectivity index (χ1v) is 13.6. The fraction of sp³-hybridized carbons (Fsp3) is 1.00. The Morgan fingerprint density at radius 1 is 0.462 bits per heavy atom. The average molecular weight is 405 g/mol. The maximum absolute atomic E-state index is 8.26. The molecule has 8 heteroatoms. The summed E-state index contributed by atoms with van der Waals surface area (Å²) in [4.78, 5) is 4.93. The number of hydrogen-bond donors (Lipinski definition) is 0. The third-order valence-corrected chi connectivity index (χ3v) is 15.1. The first-order valence-electron chi connectivity index (χ1n) is 10.7. The van der Waals surface area contributed by atoms with E-state index in [1.54, 1.807) is 0 Å². The van der Waals surface area contributed by atoms with Crippen molar-refractivity contribution in [1.82, 2.24) is 28.5 Å². The van der Waals surface area contributed by atoms with Crippen LogP contribution in [0.4, 0.5) is 0 Å². The molecule has 0 bridgehead atoms. The molecular formula is C18H38ClN6P. The standard InChI is InChI=1S/C18H38ClN6P/c1-20-11-15-24(16-12-20)26(19,22-7-3-4-8-22,23-9-5-6-10-23)25-17-13-21(2)14-18-25/h3-18H2,1-2H3. The maximum atomic E-state index is 8.26. The van der Waals surface area contributed by atoms with Crippen molar-refractivity contribution < 1.29 is 0 Å². The van der Waals surface area contributed by atoms with Crippen LogP contribution in [0, 0.1) is 0 Å². The zero-order valence-corrected chi connectivity index (χ0v) is 18.5. The van der Waals surface area contributed by atoms with Crippen molar-refractivity contribution in [3.8, 4) is 0 Å². The first kappa shape index (κ1) is 19.8. The Kier molecular flexibility index (Phi) is 5.87. The van der Waals surface area contributed by atoms with Gasteiger partial charge in [0.05, 0.1) is 0 Å². The van der Waals surface area contributed by atoms with Gasteiger partial charge in [-0.25, -0.2) is 0 Å². The van der Waals surface area contributed by atoms with E-state index in [1.165, 1.54) is 51.9 Å². The fourth-order valence-corrected chi connectivity index (χ4v) is 13.1. The number of piperazine rings is 2. The van der Waals surface area contributed by atoms with E-state index < -0.39 is 6.56 Å². The number of halogens is 1. The predicted octanol–water partition coefficient (Wildman–Crippen LogP) is 2.04. The molecule has 0 amide bonds. The first-order chi connectivity index (χ1) is 12.5. The van der Waals surface area contributed by atoms with Crippen LogP contribution < -0.4 is 0 Å². The molecule has 4 saturated heterocycles. The molecule has 0 aromatic heterocycles. The quantitative estimate of drug-likeness (QED) is 0.663. The van der Waals surface area contributed by atoms with Gasteiger partial charge in [0.25, 0.3) is 0 Å². The van der Waals surface area contributed by atoms with Gasteiger partial charge in [0.1, 0.15) is 0 Å². The van der Waals surface area contributed by atoms with E-state index >= 15 is 0 Å². The Morgan fingerprint density at radius 2 is 0.731 bits per heavy atom. The Morgan fingerprint density at radius 3 is 1.04 bits per heavy atom. The van der Waals surface area contributed by atoms with Crippen LogP contribution in [0.15, 0.2) is 0 Å². The van der Waals surface area contributed by atoms with E-state index in [4.69, 9.17) is 11.2 Å². The molecule has 4 heterocycles. The van der Waals surface area contributed by atoms with Crippen LogP contribution in [0.3, 0.4) is 0 Å². The Balaban J connectivity index is 1.76. The van der Waals surface area contributed by atoms with Crippen molar-refractivity contribution in [3.05, 3.63) is 0 Å². The molecule has 6 nitrogen and oxygen atoms in total. The second-order valence-electron chi connectivity index (χ2n) is 8.67. The van der Waals surface area contributed by atoms with E-state index in [9.17, 15) is 0 Å². The Bertz CT molecular complexity index is 438. The average Bonchev–Trinajstić information content (AvgIpc) is 3.37. The molecule has 0 aromatic rings. The number of nitrogens with zero attached hydrogens (tertiary/aromatic N) is 6. The molecule has 4 aliphatic heterocycles. The third kappa shape index (κ3) is 3.05. The van der Waals surface area contributed by atoms with Crippen LogP contribution in [-0.2, 0) is 0 Å². The number of rotatable bonds is 4. The molecule has 0 saturated carbocycles. The minimum atomic E-state index is -2.95. The summed E-state index contributed by atoms with van der Waals surface area (Å²) in [6.07, 6.45) is 5.22. The van der Waals surface area contributed by atoms with E-state index in [-0.39, 0.29) is 0 Å². The van der Waals surface area contributed by atoms with E-state index in [0.29, 0.717) is 0 Å². The van der Waals surface area contributed by atoms with Crippen molar-refractivity contribution in [3.63, 3.8) is 0 Å². The molecule has 0 aliphatic carbocycles. The summed E-state index contributed by atoms with van der Waals surface area (Å²) >= 11 is 8.26. The van der Waals surface area contributed by atoms with Crippen molar-refractivity contribution in [2.75, 3.05) is 92.6 Å². The summed E-state index contributed by atoms with van der Waals surface area (Å²) in [5, 5.41) is 0. The summed E-state index contributed by atoms with van der Waals surface area (Å²) in [6, 6.07) is 0. The molecule has 0 radical (unpaired) electrons. The fourth-order valence-electron chi connectivity index (χ4n) is 5.44. The Hall–Kier alpha value is 0.480. The summed E-state index contributed by atoms with van der Waals surface area (Å²) in [5.74, 6) is 0. The molecule has 0 N–H and O–H groups in total. The number of hydrogen-bond acceptors (Lipinski definition) is 6. The normalized spacial score (nSPS) is 31.4. The summed E-state index contributed by atoms with van der Waals surface area (Å²) < 4.78 is 11.1.